The van der Waals surface area contributed by atoms with Crippen molar-refractivity contribution in [1.29, 1.82) is 0 Å². The van der Waals surface area contributed by atoms with Crippen molar-refractivity contribution >= 4 is 15.9 Å². The van der Waals surface area contributed by atoms with Gasteiger partial charge in [-0.2, -0.15) is 0 Å². The average molecular weight is 271 g/mol. The van der Waals surface area contributed by atoms with Crippen LogP contribution in [0.3, 0.4) is 0 Å². The molecule has 0 amide bonds. The summed E-state index contributed by atoms with van der Waals surface area (Å²) >= 11 is 3.42. The zero-order chi connectivity index (χ0) is 10.3. The van der Waals surface area contributed by atoms with E-state index in [2.05, 4.69) is 31.7 Å². The van der Waals surface area contributed by atoms with Crippen LogP contribution in [0.2, 0.25) is 0 Å². The molecule has 2 fully saturated rings. The maximum atomic E-state index is 5.85. The number of halogens is 1. The standard InChI is InChI=1S/C11H15BrN2O/c12-4-9-6-14(7-13-9)5-8-3-10-1-2-11(8)15-10/h6-8,10-11H,1-5H2. The fourth-order valence-corrected chi connectivity index (χ4v) is 3.07. The van der Waals surface area contributed by atoms with Crippen molar-refractivity contribution in [2.45, 2.75) is 43.3 Å². The monoisotopic (exact) mass is 270 g/mol. The summed E-state index contributed by atoms with van der Waals surface area (Å²) in [6.45, 7) is 1.07. The Morgan fingerprint density at radius 1 is 1.53 bits per heavy atom. The highest BCUT2D eigenvalue weighted by molar-refractivity contribution is 9.08. The number of fused-ring (bicyclic) bond motifs is 2. The van der Waals surface area contributed by atoms with Crippen LogP contribution in [0.1, 0.15) is 25.0 Å². The molecule has 0 spiro atoms. The zero-order valence-electron chi connectivity index (χ0n) is 8.60. The molecule has 15 heavy (non-hydrogen) atoms. The summed E-state index contributed by atoms with van der Waals surface area (Å²) < 4.78 is 8.05. The van der Waals surface area contributed by atoms with E-state index in [0.717, 1.165) is 17.6 Å². The molecule has 3 unspecified atom stereocenters. The molecule has 3 nitrogen and oxygen atoms in total. The van der Waals surface area contributed by atoms with Gasteiger partial charge < -0.3 is 9.30 Å². The molecule has 2 aliphatic heterocycles. The van der Waals surface area contributed by atoms with Gasteiger partial charge in [0.1, 0.15) is 0 Å². The molecule has 2 aliphatic rings. The summed E-state index contributed by atoms with van der Waals surface area (Å²) in [5.41, 5.74) is 1.11. The minimum absolute atomic E-state index is 0.518. The van der Waals surface area contributed by atoms with E-state index in [1.165, 1.54) is 19.3 Å². The van der Waals surface area contributed by atoms with Crippen molar-refractivity contribution < 1.29 is 4.74 Å². The highest BCUT2D eigenvalue weighted by atomic mass is 79.9. The largest absolute Gasteiger partial charge is 0.375 e. The summed E-state index contributed by atoms with van der Waals surface area (Å²) in [6.07, 6.45) is 8.91. The van der Waals surface area contributed by atoms with Gasteiger partial charge in [0.15, 0.2) is 0 Å². The Kier molecular flexibility index (Phi) is 2.56. The van der Waals surface area contributed by atoms with Crippen molar-refractivity contribution in [3.63, 3.8) is 0 Å². The van der Waals surface area contributed by atoms with Crippen LogP contribution < -0.4 is 0 Å². The first-order valence-electron chi connectivity index (χ1n) is 5.57. The molecule has 0 N–H and O–H groups in total. The molecule has 2 bridgehead atoms. The van der Waals surface area contributed by atoms with Crippen molar-refractivity contribution in [3.05, 3.63) is 18.2 Å². The van der Waals surface area contributed by atoms with Crippen LogP contribution >= 0.6 is 15.9 Å². The predicted octanol–water partition coefficient (Wildman–Crippen LogP) is 2.35. The van der Waals surface area contributed by atoms with Gasteiger partial charge in [-0.15, -0.1) is 0 Å². The van der Waals surface area contributed by atoms with Crippen LogP contribution in [-0.2, 0) is 16.6 Å². The molecule has 3 rings (SSSR count). The summed E-state index contributed by atoms with van der Waals surface area (Å²) in [6, 6.07) is 0. The van der Waals surface area contributed by atoms with Gasteiger partial charge >= 0.3 is 0 Å². The van der Waals surface area contributed by atoms with E-state index in [-0.39, 0.29) is 0 Å². The Morgan fingerprint density at radius 3 is 3.07 bits per heavy atom. The van der Waals surface area contributed by atoms with Crippen LogP contribution in [0.4, 0.5) is 0 Å². The molecule has 3 atom stereocenters. The Balaban J connectivity index is 1.65. The molecule has 82 valence electrons. The van der Waals surface area contributed by atoms with E-state index in [0.29, 0.717) is 18.1 Å². The van der Waals surface area contributed by atoms with E-state index in [9.17, 15) is 0 Å². The van der Waals surface area contributed by atoms with Gasteiger partial charge in [-0.1, -0.05) is 15.9 Å². The number of aromatic nitrogens is 2. The highest BCUT2D eigenvalue weighted by Crippen LogP contribution is 2.39. The summed E-state index contributed by atoms with van der Waals surface area (Å²) in [5, 5.41) is 0.840. The van der Waals surface area contributed by atoms with E-state index in [1.54, 1.807) is 0 Å². The van der Waals surface area contributed by atoms with Crippen molar-refractivity contribution in [1.82, 2.24) is 9.55 Å². The van der Waals surface area contributed by atoms with E-state index < -0.39 is 0 Å². The van der Waals surface area contributed by atoms with Crippen molar-refractivity contribution in [2.24, 2.45) is 5.92 Å². The van der Waals surface area contributed by atoms with Crippen LogP contribution in [0.25, 0.3) is 0 Å². The average Bonchev–Trinajstić information content (AvgIpc) is 2.92. The molecule has 2 saturated heterocycles. The Bertz CT molecular complexity index is 352. The van der Waals surface area contributed by atoms with Gasteiger partial charge in [-0.3, -0.25) is 0 Å². The topological polar surface area (TPSA) is 27.1 Å². The lowest BCUT2D eigenvalue weighted by molar-refractivity contribution is 0.0899. The zero-order valence-corrected chi connectivity index (χ0v) is 10.2. The van der Waals surface area contributed by atoms with Gasteiger partial charge in [0.2, 0.25) is 0 Å². The second-order valence-electron chi connectivity index (χ2n) is 4.57. The molecule has 0 radical (unpaired) electrons. The third kappa shape index (κ3) is 1.85. The normalized spacial score (nSPS) is 33.8. The van der Waals surface area contributed by atoms with Crippen LogP contribution in [-0.4, -0.2) is 21.8 Å². The highest BCUT2D eigenvalue weighted by Gasteiger charge is 2.40. The predicted molar refractivity (Wildman–Crippen MR) is 60.9 cm³/mol. The number of alkyl halides is 1. The summed E-state index contributed by atoms with van der Waals surface area (Å²) in [5.74, 6) is 0.709. The Morgan fingerprint density at radius 2 is 2.47 bits per heavy atom. The SMILES string of the molecule is BrCc1cn(CC2CC3CCC2O3)cn1. The molecule has 3 heterocycles. The molecule has 1 aromatic heterocycles. The molecule has 1 aromatic rings. The maximum Gasteiger partial charge on any atom is 0.0949 e. The van der Waals surface area contributed by atoms with Crippen molar-refractivity contribution in [3.8, 4) is 0 Å². The molecule has 0 saturated carbocycles. The first-order chi connectivity index (χ1) is 7.35. The summed E-state index contributed by atoms with van der Waals surface area (Å²) in [4.78, 5) is 4.31. The first-order valence-corrected chi connectivity index (χ1v) is 6.69. The number of ether oxygens (including phenoxy) is 1. The van der Waals surface area contributed by atoms with Gasteiger partial charge in [-0.25, -0.2) is 4.98 Å². The Hall–Kier alpha value is -0.350. The molecule has 4 heteroatoms. The smallest absolute Gasteiger partial charge is 0.0949 e. The lowest BCUT2D eigenvalue weighted by Gasteiger charge is -2.18. The van der Waals surface area contributed by atoms with E-state index in [4.69, 9.17) is 4.74 Å². The van der Waals surface area contributed by atoms with Gasteiger partial charge in [-0.05, 0) is 19.3 Å². The van der Waals surface area contributed by atoms with E-state index in [1.807, 2.05) is 6.33 Å². The maximum absolute atomic E-state index is 5.85. The number of imidazole rings is 1. The van der Waals surface area contributed by atoms with Crippen LogP contribution in [0, 0.1) is 5.92 Å². The third-order valence-electron chi connectivity index (χ3n) is 3.50. The fourth-order valence-electron chi connectivity index (χ4n) is 2.78. The second kappa shape index (κ2) is 3.91. The van der Waals surface area contributed by atoms with Gasteiger partial charge in [0, 0.05) is 24.0 Å². The number of nitrogens with zero attached hydrogens (tertiary/aromatic N) is 2. The molecular formula is C11H15BrN2O. The number of rotatable bonds is 3. The van der Waals surface area contributed by atoms with Crippen molar-refractivity contribution in [2.75, 3.05) is 0 Å². The van der Waals surface area contributed by atoms with Gasteiger partial charge in [0.25, 0.3) is 0 Å². The Labute approximate surface area is 98.0 Å². The lowest BCUT2D eigenvalue weighted by Crippen LogP contribution is -2.21. The minimum Gasteiger partial charge on any atom is -0.375 e. The van der Waals surface area contributed by atoms with Crippen LogP contribution in [0.5, 0.6) is 0 Å². The molecule has 0 aromatic carbocycles. The quantitative estimate of drug-likeness (QED) is 0.789. The molecule has 0 aliphatic carbocycles. The third-order valence-corrected chi connectivity index (χ3v) is 4.08. The number of hydrogen-bond acceptors (Lipinski definition) is 2. The summed E-state index contributed by atoms with van der Waals surface area (Å²) in [7, 11) is 0. The number of hydrogen-bond donors (Lipinski definition) is 0. The fraction of sp³-hybridized carbons (Fsp3) is 0.727. The molecular weight excluding hydrogens is 256 g/mol. The van der Waals surface area contributed by atoms with Gasteiger partial charge in [0.05, 0.1) is 24.2 Å². The van der Waals surface area contributed by atoms with E-state index >= 15 is 0 Å². The first kappa shape index (κ1) is 9.85. The lowest BCUT2D eigenvalue weighted by atomic mass is 9.89. The van der Waals surface area contributed by atoms with Crippen LogP contribution in [0.15, 0.2) is 12.5 Å². The minimum atomic E-state index is 0.518. The second-order valence-corrected chi connectivity index (χ2v) is 5.13.